The van der Waals surface area contributed by atoms with Crippen LogP contribution in [0.3, 0.4) is 0 Å². The fourth-order valence-electron chi connectivity index (χ4n) is 3.89. The van der Waals surface area contributed by atoms with Crippen LogP contribution in [0.5, 0.6) is 0 Å². The van der Waals surface area contributed by atoms with Gasteiger partial charge in [-0.15, -0.1) is 0 Å². The van der Waals surface area contributed by atoms with Gasteiger partial charge < -0.3 is 5.32 Å². The van der Waals surface area contributed by atoms with Crippen molar-refractivity contribution in [1.29, 1.82) is 0 Å². The lowest BCUT2D eigenvalue weighted by Crippen LogP contribution is -2.51. The second-order valence-corrected chi connectivity index (χ2v) is 8.72. The first kappa shape index (κ1) is 20.5. The van der Waals surface area contributed by atoms with Crippen molar-refractivity contribution in [3.8, 4) is 0 Å². The quantitative estimate of drug-likeness (QED) is 0.703. The van der Waals surface area contributed by atoms with Gasteiger partial charge in [-0.2, -0.15) is 11.8 Å². The molecule has 2 fully saturated rings. The Labute approximate surface area is 173 Å². The first-order chi connectivity index (χ1) is 12.9. The van der Waals surface area contributed by atoms with Crippen LogP contribution in [0.15, 0.2) is 18.2 Å². The Morgan fingerprint density at radius 2 is 1.85 bits per heavy atom. The minimum atomic E-state index is -0.795. The molecule has 0 aromatic heterocycles. The van der Waals surface area contributed by atoms with Crippen LogP contribution in [0.2, 0.25) is 10.0 Å². The van der Waals surface area contributed by atoms with Gasteiger partial charge in [0.2, 0.25) is 17.7 Å². The third kappa shape index (κ3) is 4.28. The molecule has 5 nitrogen and oxygen atoms in total. The molecule has 3 rings (SSSR count). The molecule has 1 saturated carbocycles. The van der Waals surface area contributed by atoms with Crippen LogP contribution < -0.4 is 5.32 Å². The SMILES string of the molecule is CSC[C@H](C(=O)NCc1ccc(Cl)cc1Cl)N1C(=O)[C@H]2CCCC[C@@H]2C1=O. The van der Waals surface area contributed by atoms with E-state index in [-0.39, 0.29) is 36.1 Å². The van der Waals surface area contributed by atoms with Crippen LogP contribution in [0.25, 0.3) is 0 Å². The second kappa shape index (κ2) is 8.84. The molecule has 0 unspecified atom stereocenters. The molecule has 0 spiro atoms. The third-order valence-corrected chi connectivity index (χ3v) is 6.52. The number of hydrogen-bond donors (Lipinski definition) is 1. The molecule has 146 valence electrons. The van der Waals surface area contributed by atoms with Gasteiger partial charge in [0.05, 0.1) is 11.8 Å². The zero-order valence-electron chi connectivity index (χ0n) is 15.0. The third-order valence-electron chi connectivity index (χ3n) is 5.28. The number of carbonyl (C=O) groups excluding carboxylic acids is 3. The summed E-state index contributed by atoms with van der Waals surface area (Å²) in [5.41, 5.74) is 0.727. The van der Waals surface area contributed by atoms with E-state index in [1.165, 1.54) is 16.7 Å². The number of amides is 3. The van der Waals surface area contributed by atoms with Gasteiger partial charge in [-0.1, -0.05) is 42.1 Å². The summed E-state index contributed by atoms with van der Waals surface area (Å²) in [6.07, 6.45) is 5.25. The number of imide groups is 1. The molecule has 27 heavy (non-hydrogen) atoms. The number of benzene rings is 1. The van der Waals surface area contributed by atoms with Crippen molar-refractivity contribution in [2.75, 3.05) is 12.0 Å². The van der Waals surface area contributed by atoms with Crippen molar-refractivity contribution in [3.05, 3.63) is 33.8 Å². The number of nitrogens with one attached hydrogen (secondary N) is 1. The van der Waals surface area contributed by atoms with Crippen LogP contribution in [-0.4, -0.2) is 40.7 Å². The highest BCUT2D eigenvalue weighted by atomic mass is 35.5. The average Bonchev–Trinajstić information content (AvgIpc) is 2.90. The summed E-state index contributed by atoms with van der Waals surface area (Å²) in [6.45, 7) is 0.211. The number of halogens is 2. The Morgan fingerprint density at radius 1 is 1.22 bits per heavy atom. The summed E-state index contributed by atoms with van der Waals surface area (Å²) in [4.78, 5) is 39.7. The van der Waals surface area contributed by atoms with E-state index in [1.54, 1.807) is 18.2 Å². The Bertz CT molecular complexity index is 734. The normalized spacial score (nSPS) is 23.3. The average molecular weight is 429 g/mol. The van der Waals surface area contributed by atoms with Crippen molar-refractivity contribution >= 4 is 52.7 Å². The van der Waals surface area contributed by atoms with Crippen LogP contribution in [0, 0.1) is 11.8 Å². The summed E-state index contributed by atoms with van der Waals surface area (Å²) >= 11 is 13.5. The van der Waals surface area contributed by atoms with Gasteiger partial charge in [-0.25, -0.2) is 0 Å². The van der Waals surface area contributed by atoms with Crippen LogP contribution >= 0.6 is 35.0 Å². The highest BCUT2D eigenvalue weighted by molar-refractivity contribution is 7.98. The van der Waals surface area contributed by atoms with Gasteiger partial charge in [-0.3, -0.25) is 19.3 Å². The van der Waals surface area contributed by atoms with Gasteiger partial charge >= 0.3 is 0 Å². The molecule has 0 radical (unpaired) electrons. The number of thioether (sulfide) groups is 1. The molecule has 1 aromatic carbocycles. The summed E-state index contributed by atoms with van der Waals surface area (Å²) < 4.78 is 0. The number of hydrogen-bond acceptors (Lipinski definition) is 4. The highest BCUT2D eigenvalue weighted by Crippen LogP contribution is 2.39. The zero-order valence-corrected chi connectivity index (χ0v) is 17.4. The molecular formula is C19H22Cl2N2O3S. The topological polar surface area (TPSA) is 66.5 Å². The van der Waals surface area contributed by atoms with Crippen LogP contribution in [0.1, 0.15) is 31.2 Å². The Balaban J connectivity index is 1.73. The Kier molecular flexibility index (Phi) is 6.71. The number of likely N-dealkylation sites (tertiary alicyclic amines) is 1. The lowest BCUT2D eigenvalue weighted by Gasteiger charge is -2.25. The number of carbonyl (C=O) groups is 3. The predicted octanol–water partition coefficient (Wildman–Crippen LogP) is 3.52. The van der Waals surface area contributed by atoms with E-state index in [4.69, 9.17) is 23.2 Å². The number of fused-ring (bicyclic) bond motifs is 1. The molecule has 1 N–H and O–H groups in total. The van der Waals surface area contributed by atoms with Crippen molar-refractivity contribution in [1.82, 2.24) is 10.2 Å². The zero-order chi connectivity index (χ0) is 19.6. The predicted molar refractivity (Wildman–Crippen MR) is 108 cm³/mol. The van der Waals surface area contributed by atoms with Gasteiger partial charge in [0.1, 0.15) is 6.04 Å². The van der Waals surface area contributed by atoms with Gasteiger partial charge in [0.25, 0.3) is 0 Å². The smallest absolute Gasteiger partial charge is 0.244 e. The minimum Gasteiger partial charge on any atom is -0.350 e. The van der Waals surface area contributed by atoms with E-state index < -0.39 is 6.04 Å². The van der Waals surface area contributed by atoms with Crippen molar-refractivity contribution < 1.29 is 14.4 Å². The first-order valence-corrected chi connectivity index (χ1v) is 11.2. The summed E-state index contributed by atoms with van der Waals surface area (Å²) in [5, 5.41) is 3.80. The van der Waals surface area contributed by atoms with E-state index in [2.05, 4.69) is 5.32 Å². The highest BCUT2D eigenvalue weighted by Gasteiger charge is 2.51. The molecule has 1 aliphatic heterocycles. The van der Waals surface area contributed by atoms with E-state index in [9.17, 15) is 14.4 Å². The largest absolute Gasteiger partial charge is 0.350 e. The lowest BCUT2D eigenvalue weighted by molar-refractivity contribution is -0.147. The van der Waals surface area contributed by atoms with Gasteiger partial charge in [0.15, 0.2) is 0 Å². The van der Waals surface area contributed by atoms with Crippen molar-refractivity contribution in [3.63, 3.8) is 0 Å². The van der Waals surface area contributed by atoms with Crippen molar-refractivity contribution in [2.24, 2.45) is 11.8 Å². The number of rotatable bonds is 6. The molecule has 1 saturated heterocycles. The maximum Gasteiger partial charge on any atom is 0.244 e. The summed E-state index contributed by atoms with van der Waals surface area (Å²) in [6, 6.07) is 4.26. The molecular weight excluding hydrogens is 407 g/mol. The molecule has 2 aliphatic rings. The van der Waals surface area contributed by atoms with E-state index in [1.807, 2.05) is 6.26 Å². The number of nitrogens with zero attached hydrogens (tertiary/aromatic N) is 1. The first-order valence-electron chi connectivity index (χ1n) is 9.01. The summed E-state index contributed by atoms with van der Waals surface area (Å²) in [5.74, 6) is -0.859. The molecule has 1 heterocycles. The second-order valence-electron chi connectivity index (χ2n) is 6.97. The van der Waals surface area contributed by atoms with E-state index >= 15 is 0 Å². The van der Waals surface area contributed by atoms with Gasteiger partial charge in [-0.05, 0) is 36.8 Å². The molecule has 8 heteroatoms. The standard InChI is InChI=1S/C19H22Cl2N2O3S/c1-27-10-16(17(24)22-9-11-6-7-12(20)8-15(11)21)23-18(25)13-4-2-3-5-14(13)19(23)26/h6-8,13-14,16H,2-5,9-10H2,1H3,(H,22,24)/t13-,14-,16+/m0/s1. The summed E-state index contributed by atoms with van der Waals surface area (Å²) in [7, 11) is 0. The Morgan fingerprint density at radius 3 is 2.41 bits per heavy atom. The lowest BCUT2D eigenvalue weighted by atomic mass is 9.81. The monoisotopic (exact) mass is 428 g/mol. The maximum absolute atomic E-state index is 12.8. The molecule has 0 bridgehead atoms. The van der Waals surface area contributed by atoms with Crippen LogP contribution in [0.4, 0.5) is 0 Å². The molecule has 1 aliphatic carbocycles. The molecule has 1 aromatic rings. The maximum atomic E-state index is 12.8. The van der Waals surface area contributed by atoms with Crippen molar-refractivity contribution in [2.45, 2.75) is 38.3 Å². The fourth-order valence-corrected chi connectivity index (χ4v) is 4.98. The fraction of sp³-hybridized carbons (Fsp3) is 0.526. The van der Waals surface area contributed by atoms with Gasteiger partial charge in [0, 0.05) is 22.3 Å². The Hall–Kier alpha value is -1.24. The van der Waals surface area contributed by atoms with Crippen LogP contribution in [-0.2, 0) is 20.9 Å². The van der Waals surface area contributed by atoms with E-state index in [0.717, 1.165) is 31.2 Å². The van der Waals surface area contributed by atoms with E-state index in [0.29, 0.717) is 15.8 Å². The molecule has 3 atom stereocenters. The molecule has 3 amide bonds. The minimum absolute atomic E-state index is 0.191.